The van der Waals surface area contributed by atoms with E-state index in [-0.39, 0.29) is 66.0 Å². The van der Waals surface area contributed by atoms with Gasteiger partial charge in [0.25, 0.3) is 0 Å². The Morgan fingerprint density at radius 3 is 1.42 bits per heavy atom. The number of ether oxygens (including phenoxy) is 2. The zero-order chi connectivity index (χ0) is 53.6. The van der Waals surface area contributed by atoms with Crippen LogP contribution in [0.5, 0.6) is 0 Å². The number of alkyl carbamates (subject to hydrolysis) is 2. The molecule has 0 aromatic carbocycles. The first-order chi connectivity index (χ1) is 33.4. The SMILES string of the molecule is CC(C)[C@@H]1CC[C@@H](C)C[C@H]1OC(=O)NC1CCCC1(C)N.CC(C)[C@@H]1CC[C@@H](C)C[C@H]1OC(=O)NC1CCCC1(C)Nc1ncc(C(F)(F)F)cc1F.CC1(Nc2ncc(C(F)(F)F)cc2F)CCCC1N.Cl. The number of hydrogen-bond donors (Lipinski definition) is 6. The second-order valence-corrected chi connectivity index (χ2v) is 22.9. The number of alkyl halides is 6. The van der Waals surface area contributed by atoms with Crippen LogP contribution in [-0.4, -0.2) is 69.1 Å². The summed E-state index contributed by atoms with van der Waals surface area (Å²) in [6.07, 6.45) is 4.92. The van der Waals surface area contributed by atoms with Crippen LogP contribution in [0.15, 0.2) is 24.5 Å². The predicted octanol–water partition coefficient (Wildman–Crippen LogP) is 12.9. The number of hydrogen-bond acceptors (Lipinski definition) is 10. The number of nitrogens with zero attached hydrogens (tertiary/aromatic N) is 2. The van der Waals surface area contributed by atoms with Crippen molar-refractivity contribution in [3.8, 4) is 0 Å². The minimum absolute atomic E-state index is 0. The first kappa shape index (κ1) is 61.6. The van der Waals surface area contributed by atoms with E-state index in [9.17, 15) is 44.7 Å². The maximum Gasteiger partial charge on any atom is 0.417 e. The molecule has 5 saturated carbocycles. The molecule has 5 fully saturated rings. The van der Waals surface area contributed by atoms with Crippen LogP contribution in [-0.2, 0) is 21.8 Å². The van der Waals surface area contributed by atoms with Crippen LogP contribution >= 0.6 is 12.4 Å². The average molecular weight is 1070 g/mol. The molecule has 416 valence electrons. The Hall–Kier alpha value is -3.91. The highest BCUT2D eigenvalue weighted by Gasteiger charge is 2.44. The van der Waals surface area contributed by atoms with Crippen LogP contribution in [0.4, 0.5) is 56.3 Å². The summed E-state index contributed by atoms with van der Waals surface area (Å²) in [5, 5.41) is 11.7. The summed E-state index contributed by atoms with van der Waals surface area (Å²) in [5.74, 6) is 0.361. The summed E-state index contributed by atoms with van der Waals surface area (Å²) < 4.78 is 115. The van der Waals surface area contributed by atoms with Crippen molar-refractivity contribution in [2.45, 2.75) is 218 Å². The van der Waals surface area contributed by atoms with Crippen LogP contribution in [0.1, 0.15) is 170 Å². The molecule has 0 bridgehead atoms. The Morgan fingerprint density at radius 2 is 1.04 bits per heavy atom. The highest BCUT2D eigenvalue weighted by Crippen LogP contribution is 2.40. The molecule has 0 radical (unpaired) electrons. The van der Waals surface area contributed by atoms with Gasteiger partial charge in [0.2, 0.25) is 0 Å². The predicted molar refractivity (Wildman–Crippen MR) is 269 cm³/mol. The minimum atomic E-state index is -4.66. The van der Waals surface area contributed by atoms with Gasteiger partial charge in [-0.05, 0) is 152 Å². The van der Waals surface area contributed by atoms with Gasteiger partial charge in [-0.2, -0.15) is 26.3 Å². The zero-order valence-electron chi connectivity index (χ0n) is 43.9. The van der Waals surface area contributed by atoms with Crippen LogP contribution < -0.4 is 32.7 Å². The van der Waals surface area contributed by atoms with E-state index in [2.05, 4.69) is 72.8 Å². The van der Waals surface area contributed by atoms with Gasteiger partial charge in [-0.3, -0.25) is 0 Å². The third kappa shape index (κ3) is 16.8. The molecule has 73 heavy (non-hydrogen) atoms. The standard InChI is InChI=1S/C23H33F4N3O2.C17H32N2O2.C12H15F4N3.ClH/c1-13(2)16-8-7-14(3)10-18(16)32-21(31)29-19-6-5-9-22(19,4)30-20-17(24)11-15(12-28-20)23(25,26)27;1-11(2)13-8-7-12(3)10-14(13)21-16(20)19-15-6-5-9-17(15,4)18;1-11(4-2-3-9(11)17)19-10-8(13)5-7(6-18-10)12(14,15)16;/h11-14,16,18-19H,5-10H2,1-4H3,(H,28,30)(H,29,31);11-15H,5-10,18H2,1-4H3,(H,19,20);5-6,9H,2-4,17H2,1H3,(H,18,19);1H/t14-,16+,18-,19?,22?;12-,13+,14-,15?,17?;;/m11../s1. The van der Waals surface area contributed by atoms with Crippen molar-refractivity contribution >= 4 is 36.2 Å². The lowest BCUT2D eigenvalue weighted by atomic mass is 9.75. The molecule has 6 unspecified atom stereocenters. The van der Waals surface area contributed by atoms with Crippen molar-refractivity contribution in [2.24, 2.45) is 47.0 Å². The van der Waals surface area contributed by atoms with Crippen LogP contribution in [0, 0.1) is 47.1 Å². The minimum Gasteiger partial charge on any atom is -0.446 e. The van der Waals surface area contributed by atoms with E-state index >= 15 is 0 Å². The molecule has 5 aliphatic rings. The fourth-order valence-corrected chi connectivity index (χ4v) is 11.4. The molecular formula is C52H81ClF8N8O4. The Kier molecular flexibility index (Phi) is 21.4. The second kappa shape index (κ2) is 25.3. The number of carbonyl (C=O) groups excluding carboxylic acids is 2. The second-order valence-electron chi connectivity index (χ2n) is 22.9. The van der Waals surface area contributed by atoms with Crippen LogP contribution in [0.2, 0.25) is 0 Å². The highest BCUT2D eigenvalue weighted by molar-refractivity contribution is 5.85. The van der Waals surface area contributed by atoms with Crippen molar-refractivity contribution in [3.05, 3.63) is 47.3 Å². The Morgan fingerprint density at radius 1 is 0.644 bits per heavy atom. The van der Waals surface area contributed by atoms with Gasteiger partial charge in [-0.1, -0.05) is 54.4 Å². The maximum atomic E-state index is 14.3. The molecule has 7 rings (SSSR count). The van der Waals surface area contributed by atoms with Crippen LogP contribution in [0.25, 0.3) is 0 Å². The van der Waals surface area contributed by atoms with E-state index in [1.165, 1.54) is 6.42 Å². The fourth-order valence-electron chi connectivity index (χ4n) is 11.4. The quantitative estimate of drug-likeness (QED) is 0.125. The van der Waals surface area contributed by atoms with Crippen molar-refractivity contribution in [3.63, 3.8) is 0 Å². The third-order valence-electron chi connectivity index (χ3n) is 16.2. The van der Waals surface area contributed by atoms with Gasteiger partial charge in [0.15, 0.2) is 23.3 Å². The van der Waals surface area contributed by atoms with Crippen molar-refractivity contribution in [1.82, 2.24) is 20.6 Å². The van der Waals surface area contributed by atoms with Gasteiger partial charge in [-0.15, -0.1) is 12.4 Å². The lowest BCUT2D eigenvalue weighted by molar-refractivity contribution is -0.138. The first-order valence-electron chi connectivity index (χ1n) is 25.9. The molecule has 12 atom stereocenters. The summed E-state index contributed by atoms with van der Waals surface area (Å²) in [6.45, 7) is 18.8. The summed E-state index contributed by atoms with van der Waals surface area (Å²) >= 11 is 0. The lowest BCUT2D eigenvalue weighted by Gasteiger charge is -2.38. The fraction of sp³-hybridized carbons (Fsp3) is 0.769. The molecule has 12 nitrogen and oxygen atoms in total. The van der Waals surface area contributed by atoms with E-state index in [4.69, 9.17) is 20.9 Å². The number of pyridine rings is 2. The number of nitrogens with two attached hydrogens (primary N) is 2. The Bertz CT molecular complexity index is 2120. The molecule has 0 saturated heterocycles. The number of carbonyl (C=O) groups is 2. The van der Waals surface area contributed by atoms with Gasteiger partial charge in [0.05, 0.1) is 28.2 Å². The Labute approximate surface area is 432 Å². The number of anilines is 2. The number of amides is 2. The number of halogens is 9. The summed E-state index contributed by atoms with van der Waals surface area (Å²) in [7, 11) is 0. The zero-order valence-corrected chi connectivity index (χ0v) is 44.7. The van der Waals surface area contributed by atoms with Gasteiger partial charge >= 0.3 is 24.5 Å². The smallest absolute Gasteiger partial charge is 0.417 e. The van der Waals surface area contributed by atoms with E-state index < -0.39 is 52.3 Å². The third-order valence-corrected chi connectivity index (χ3v) is 16.2. The number of nitrogens with one attached hydrogen (secondary N) is 4. The highest BCUT2D eigenvalue weighted by atomic mass is 35.5. The summed E-state index contributed by atoms with van der Waals surface area (Å²) in [5.41, 5.74) is 8.32. The monoisotopic (exact) mass is 1070 g/mol. The normalized spacial score (nSPS) is 32.3. The molecule has 0 spiro atoms. The van der Waals surface area contributed by atoms with Gasteiger partial charge in [-0.25, -0.2) is 28.3 Å². The largest absolute Gasteiger partial charge is 0.446 e. The lowest BCUT2D eigenvalue weighted by Crippen LogP contribution is -2.53. The molecule has 2 aromatic heterocycles. The van der Waals surface area contributed by atoms with Crippen molar-refractivity contribution in [2.75, 3.05) is 10.6 Å². The molecule has 5 aliphatic carbocycles. The van der Waals surface area contributed by atoms with Gasteiger partial charge in [0, 0.05) is 30.0 Å². The number of aromatic nitrogens is 2. The van der Waals surface area contributed by atoms with Crippen LogP contribution in [0.3, 0.4) is 0 Å². The summed E-state index contributed by atoms with van der Waals surface area (Å²) in [6, 6.07) is 0.385. The van der Waals surface area contributed by atoms with Crippen molar-refractivity contribution < 1.29 is 54.2 Å². The number of rotatable bonds is 10. The van der Waals surface area contributed by atoms with Gasteiger partial charge in [0.1, 0.15) is 12.2 Å². The summed E-state index contributed by atoms with van der Waals surface area (Å²) in [4.78, 5) is 32.1. The maximum absolute atomic E-state index is 14.3. The molecular weight excluding hydrogens is 988 g/mol. The molecule has 21 heteroatoms. The van der Waals surface area contributed by atoms with E-state index in [1.807, 2.05) is 20.8 Å². The molecule has 2 amide bonds. The van der Waals surface area contributed by atoms with Crippen molar-refractivity contribution in [1.29, 1.82) is 0 Å². The molecule has 2 heterocycles. The van der Waals surface area contributed by atoms with E-state index in [0.717, 1.165) is 77.0 Å². The molecule has 8 N–H and O–H groups in total. The van der Waals surface area contributed by atoms with E-state index in [1.54, 1.807) is 0 Å². The van der Waals surface area contributed by atoms with Gasteiger partial charge < -0.3 is 42.2 Å². The van der Waals surface area contributed by atoms with E-state index in [0.29, 0.717) is 72.9 Å². The molecule has 0 aliphatic heterocycles. The topological polar surface area (TPSA) is 179 Å². The molecule has 2 aromatic rings. The first-order valence-corrected chi connectivity index (χ1v) is 25.9. The average Bonchev–Trinajstić information content (AvgIpc) is 3.91. The Balaban J connectivity index is 0.000000247.